The second kappa shape index (κ2) is 11.0. The molecular formula is C25H28F3N3O2. The number of hydrogen-bond donors (Lipinski definition) is 1. The van der Waals surface area contributed by atoms with Crippen molar-refractivity contribution in [1.29, 1.82) is 0 Å². The number of anilines is 1. The van der Waals surface area contributed by atoms with Crippen molar-refractivity contribution in [3.63, 3.8) is 0 Å². The average molecular weight is 460 g/mol. The third-order valence-corrected chi connectivity index (χ3v) is 5.22. The molecule has 5 nitrogen and oxygen atoms in total. The molecule has 0 fully saturated rings. The van der Waals surface area contributed by atoms with Crippen LogP contribution in [0.4, 0.5) is 23.7 Å². The summed E-state index contributed by atoms with van der Waals surface area (Å²) in [5.74, 6) is 0. The number of urea groups is 1. The molecule has 8 heteroatoms. The van der Waals surface area contributed by atoms with Gasteiger partial charge in [0, 0.05) is 44.4 Å². The average Bonchev–Trinajstić information content (AvgIpc) is 3.19. The van der Waals surface area contributed by atoms with E-state index in [2.05, 4.69) is 5.32 Å². The number of nitrogens with zero attached hydrogens (tertiary/aromatic N) is 2. The Morgan fingerprint density at radius 1 is 1.09 bits per heavy atom. The van der Waals surface area contributed by atoms with E-state index in [4.69, 9.17) is 4.74 Å². The van der Waals surface area contributed by atoms with E-state index in [1.807, 2.05) is 47.9 Å². The summed E-state index contributed by atoms with van der Waals surface area (Å²) in [4.78, 5) is 14.7. The van der Waals surface area contributed by atoms with Crippen LogP contribution in [0.5, 0.6) is 0 Å². The van der Waals surface area contributed by atoms with Crippen LogP contribution in [0.1, 0.15) is 28.8 Å². The zero-order chi connectivity index (χ0) is 23.8. The molecule has 1 N–H and O–H groups in total. The van der Waals surface area contributed by atoms with Gasteiger partial charge in [-0.05, 0) is 60.9 Å². The minimum absolute atomic E-state index is 0.247. The van der Waals surface area contributed by atoms with E-state index in [1.165, 1.54) is 6.07 Å². The molecule has 0 aliphatic carbocycles. The molecule has 2 aromatic carbocycles. The van der Waals surface area contributed by atoms with Gasteiger partial charge in [-0.25, -0.2) is 4.79 Å². The van der Waals surface area contributed by atoms with Crippen LogP contribution in [0, 0.1) is 6.92 Å². The van der Waals surface area contributed by atoms with Crippen molar-refractivity contribution in [3.8, 4) is 0 Å². The van der Waals surface area contributed by atoms with Crippen molar-refractivity contribution >= 4 is 11.7 Å². The van der Waals surface area contributed by atoms with Crippen molar-refractivity contribution < 1.29 is 22.7 Å². The van der Waals surface area contributed by atoms with E-state index in [9.17, 15) is 18.0 Å². The number of methoxy groups -OCH3 is 1. The quantitative estimate of drug-likeness (QED) is 0.403. The Morgan fingerprint density at radius 3 is 2.61 bits per heavy atom. The number of alkyl halides is 3. The summed E-state index contributed by atoms with van der Waals surface area (Å²) in [5, 5.41) is 2.93. The van der Waals surface area contributed by atoms with E-state index in [-0.39, 0.29) is 12.6 Å². The third-order valence-electron chi connectivity index (χ3n) is 5.22. The number of rotatable bonds is 9. The molecule has 0 spiro atoms. The number of aryl methyl sites for hydroxylation is 1. The first kappa shape index (κ1) is 24.4. The van der Waals surface area contributed by atoms with Gasteiger partial charge in [-0.3, -0.25) is 0 Å². The summed E-state index contributed by atoms with van der Waals surface area (Å²) < 4.78 is 46.2. The van der Waals surface area contributed by atoms with Gasteiger partial charge in [0.05, 0.1) is 12.1 Å². The topological polar surface area (TPSA) is 46.5 Å². The van der Waals surface area contributed by atoms with E-state index < -0.39 is 11.7 Å². The van der Waals surface area contributed by atoms with E-state index in [1.54, 1.807) is 24.3 Å². The van der Waals surface area contributed by atoms with Crippen LogP contribution < -0.4 is 5.32 Å². The number of benzene rings is 2. The highest BCUT2D eigenvalue weighted by molar-refractivity contribution is 5.89. The predicted molar refractivity (Wildman–Crippen MR) is 122 cm³/mol. The van der Waals surface area contributed by atoms with Crippen LogP contribution in [-0.2, 0) is 24.0 Å². The second-order valence-electron chi connectivity index (χ2n) is 7.89. The van der Waals surface area contributed by atoms with Crippen LogP contribution in [0.25, 0.3) is 0 Å². The second-order valence-corrected chi connectivity index (χ2v) is 7.89. The summed E-state index contributed by atoms with van der Waals surface area (Å²) in [6, 6.07) is 16.3. The molecule has 176 valence electrons. The monoisotopic (exact) mass is 459 g/mol. The third kappa shape index (κ3) is 7.12. The van der Waals surface area contributed by atoms with Crippen molar-refractivity contribution in [2.75, 3.05) is 25.6 Å². The number of halogens is 3. The molecule has 0 aliphatic heterocycles. The van der Waals surface area contributed by atoms with Crippen molar-refractivity contribution in [2.24, 2.45) is 0 Å². The highest BCUT2D eigenvalue weighted by atomic mass is 19.4. The van der Waals surface area contributed by atoms with Crippen molar-refractivity contribution in [2.45, 2.75) is 32.6 Å². The Hall–Kier alpha value is -3.26. The molecule has 33 heavy (non-hydrogen) atoms. The normalized spacial score (nSPS) is 11.4. The summed E-state index contributed by atoms with van der Waals surface area (Å²) in [5.41, 5.74) is 2.43. The zero-order valence-electron chi connectivity index (χ0n) is 18.7. The molecule has 3 aromatic rings. The smallest absolute Gasteiger partial charge is 0.385 e. The maximum atomic E-state index is 13.1. The number of hydrogen-bond acceptors (Lipinski definition) is 2. The Kier molecular flexibility index (Phi) is 8.16. The molecule has 3 rings (SSSR count). The maximum Gasteiger partial charge on any atom is 0.416 e. The van der Waals surface area contributed by atoms with Gasteiger partial charge >= 0.3 is 12.2 Å². The van der Waals surface area contributed by atoms with Gasteiger partial charge in [-0.1, -0.05) is 24.3 Å². The Morgan fingerprint density at radius 2 is 1.88 bits per heavy atom. The van der Waals surface area contributed by atoms with Crippen LogP contribution in [0.2, 0.25) is 0 Å². The maximum absolute atomic E-state index is 13.1. The van der Waals surface area contributed by atoms with Gasteiger partial charge < -0.3 is 19.5 Å². The first-order valence-electron chi connectivity index (χ1n) is 10.7. The molecular weight excluding hydrogens is 431 g/mol. The van der Waals surface area contributed by atoms with E-state index in [0.29, 0.717) is 37.4 Å². The van der Waals surface area contributed by atoms with Crippen molar-refractivity contribution in [3.05, 3.63) is 89.2 Å². The number of carbonyl (C=O) groups is 1. The van der Waals surface area contributed by atoms with Crippen LogP contribution in [0.15, 0.2) is 66.9 Å². The van der Waals surface area contributed by atoms with E-state index in [0.717, 1.165) is 23.4 Å². The minimum atomic E-state index is -4.39. The Balaban J connectivity index is 1.75. The molecule has 2 amide bonds. The molecule has 0 atom stereocenters. The lowest BCUT2D eigenvalue weighted by Crippen LogP contribution is -2.36. The minimum Gasteiger partial charge on any atom is -0.385 e. The van der Waals surface area contributed by atoms with Crippen LogP contribution in [0.3, 0.4) is 0 Å². The summed E-state index contributed by atoms with van der Waals surface area (Å²) in [6.07, 6.45) is -1.92. The highest BCUT2D eigenvalue weighted by Crippen LogP contribution is 2.29. The Labute approximate surface area is 191 Å². The van der Waals surface area contributed by atoms with Gasteiger partial charge in [-0.2, -0.15) is 13.2 Å². The van der Waals surface area contributed by atoms with Crippen LogP contribution in [-0.4, -0.2) is 35.8 Å². The first-order valence-corrected chi connectivity index (χ1v) is 10.7. The number of carbonyl (C=O) groups excluding carboxylic acids is 1. The summed E-state index contributed by atoms with van der Waals surface area (Å²) in [6.45, 7) is 3.53. The number of amides is 2. The van der Waals surface area contributed by atoms with Crippen molar-refractivity contribution in [1.82, 2.24) is 9.47 Å². The summed E-state index contributed by atoms with van der Waals surface area (Å²) in [7, 11) is 1.61. The van der Waals surface area contributed by atoms with Gasteiger partial charge in [-0.15, -0.1) is 0 Å². The van der Waals surface area contributed by atoms with Gasteiger partial charge in [0.1, 0.15) is 0 Å². The highest BCUT2D eigenvalue weighted by Gasteiger charge is 2.30. The van der Waals surface area contributed by atoms with Gasteiger partial charge in [0.25, 0.3) is 0 Å². The lowest BCUT2D eigenvalue weighted by atomic mass is 10.1. The SMILES string of the molecule is COCCCN(Cc1cccn1Cc1cccc(C(F)(F)F)c1)C(=O)Nc1cccc(C)c1. The van der Waals surface area contributed by atoms with E-state index >= 15 is 0 Å². The number of aromatic nitrogens is 1. The number of nitrogens with one attached hydrogen (secondary N) is 1. The fourth-order valence-corrected chi connectivity index (χ4v) is 3.56. The largest absolute Gasteiger partial charge is 0.416 e. The lowest BCUT2D eigenvalue weighted by molar-refractivity contribution is -0.137. The molecule has 0 saturated carbocycles. The van der Waals surface area contributed by atoms with Crippen LogP contribution >= 0.6 is 0 Å². The lowest BCUT2D eigenvalue weighted by Gasteiger charge is -2.24. The first-order chi connectivity index (χ1) is 15.8. The number of ether oxygens (including phenoxy) is 1. The zero-order valence-corrected chi connectivity index (χ0v) is 18.7. The predicted octanol–water partition coefficient (Wildman–Crippen LogP) is 5.93. The molecule has 1 heterocycles. The molecule has 0 unspecified atom stereocenters. The van der Waals surface area contributed by atoms with Gasteiger partial charge in [0.2, 0.25) is 0 Å². The molecule has 1 aromatic heterocycles. The molecule has 0 radical (unpaired) electrons. The standard InChI is InChI=1S/C25H28F3N3O2/c1-19-7-3-10-22(15-19)29-24(32)31(13-6-14-33-2)18-23-11-5-12-30(23)17-20-8-4-9-21(16-20)25(26,27)28/h3-5,7-12,15-16H,6,13-14,17-18H2,1-2H3,(H,29,32). The summed E-state index contributed by atoms with van der Waals surface area (Å²) >= 11 is 0. The van der Waals surface area contributed by atoms with Gasteiger partial charge in [0.15, 0.2) is 0 Å². The molecule has 0 aliphatic rings. The fourth-order valence-electron chi connectivity index (χ4n) is 3.56. The Bertz CT molecular complexity index is 1060. The fraction of sp³-hybridized carbons (Fsp3) is 0.320. The molecule has 0 bridgehead atoms. The molecule has 0 saturated heterocycles.